The monoisotopic (exact) mass is 319 g/mol. The maximum Gasteiger partial charge on any atom is 0.371 e. The summed E-state index contributed by atoms with van der Waals surface area (Å²) in [6.07, 6.45) is 1.96. The van der Waals surface area contributed by atoms with E-state index in [0.717, 1.165) is 15.4 Å². The molecule has 0 fully saturated rings. The zero-order chi connectivity index (χ0) is 13.4. The molecule has 0 amide bonds. The zero-order valence-corrected chi connectivity index (χ0v) is 11.4. The third kappa shape index (κ3) is 2.17. The van der Waals surface area contributed by atoms with Gasteiger partial charge in [-0.3, -0.25) is 0 Å². The van der Waals surface area contributed by atoms with Gasteiger partial charge >= 0.3 is 5.97 Å². The first-order valence-electron chi connectivity index (χ1n) is 5.70. The van der Waals surface area contributed by atoms with E-state index in [4.69, 9.17) is 9.52 Å². The summed E-state index contributed by atoms with van der Waals surface area (Å²) in [4.78, 5) is 10.8. The molecule has 3 rings (SSSR count). The van der Waals surface area contributed by atoms with Gasteiger partial charge in [0.05, 0.1) is 6.54 Å². The average Bonchev–Trinajstić information content (AvgIpc) is 2.98. The van der Waals surface area contributed by atoms with Crippen molar-refractivity contribution in [2.45, 2.75) is 6.54 Å². The highest BCUT2D eigenvalue weighted by atomic mass is 79.9. The van der Waals surface area contributed by atoms with Crippen LogP contribution in [0.15, 0.2) is 51.5 Å². The maximum absolute atomic E-state index is 10.8. The van der Waals surface area contributed by atoms with Gasteiger partial charge in [-0.1, -0.05) is 22.0 Å². The Morgan fingerprint density at radius 2 is 2.11 bits per heavy atom. The largest absolute Gasteiger partial charge is 0.475 e. The van der Waals surface area contributed by atoms with Crippen LogP contribution in [0.25, 0.3) is 10.9 Å². The first kappa shape index (κ1) is 12.0. The number of aromatic nitrogens is 1. The van der Waals surface area contributed by atoms with Gasteiger partial charge in [0.15, 0.2) is 0 Å². The van der Waals surface area contributed by atoms with Crippen molar-refractivity contribution in [1.82, 2.24) is 4.57 Å². The molecular weight excluding hydrogens is 310 g/mol. The minimum Gasteiger partial charge on any atom is -0.475 e. The number of hydrogen-bond acceptors (Lipinski definition) is 2. The van der Waals surface area contributed by atoms with Crippen LogP contribution in [0.4, 0.5) is 0 Å². The van der Waals surface area contributed by atoms with E-state index in [1.807, 2.05) is 35.0 Å². The molecule has 5 heteroatoms. The third-order valence-electron chi connectivity index (χ3n) is 2.96. The highest BCUT2D eigenvalue weighted by Crippen LogP contribution is 2.25. The molecule has 0 aliphatic heterocycles. The summed E-state index contributed by atoms with van der Waals surface area (Å²) >= 11 is 3.50. The SMILES string of the molecule is O=C(O)c1ccc(Cn2ccc3c(Br)cccc32)o1. The molecule has 0 saturated heterocycles. The summed E-state index contributed by atoms with van der Waals surface area (Å²) in [5, 5.41) is 9.94. The number of rotatable bonds is 3. The highest BCUT2D eigenvalue weighted by Gasteiger charge is 2.10. The van der Waals surface area contributed by atoms with Crippen molar-refractivity contribution in [3.63, 3.8) is 0 Å². The Hall–Kier alpha value is -2.01. The van der Waals surface area contributed by atoms with Crippen LogP contribution in [0.2, 0.25) is 0 Å². The Kier molecular flexibility index (Phi) is 2.91. The lowest BCUT2D eigenvalue weighted by Gasteiger charge is -2.03. The number of fused-ring (bicyclic) bond motifs is 1. The molecule has 0 unspecified atom stereocenters. The molecule has 1 aromatic carbocycles. The average molecular weight is 320 g/mol. The fourth-order valence-electron chi connectivity index (χ4n) is 2.07. The molecule has 2 heterocycles. The normalized spacial score (nSPS) is 11.0. The van der Waals surface area contributed by atoms with Crippen LogP contribution < -0.4 is 0 Å². The summed E-state index contributed by atoms with van der Waals surface area (Å²) < 4.78 is 8.32. The van der Waals surface area contributed by atoms with Crippen LogP contribution in [0.1, 0.15) is 16.3 Å². The van der Waals surface area contributed by atoms with E-state index in [1.54, 1.807) is 6.07 Å². The lowest BCUT2D eigenvalue weighted by Crippen LogP contribution is -1.97. The van der Waals surface area contributed by atoms with Crippen LogP contribution >= 0.6 is 15.9 Å². The third-order valence-corrected chi connectivity index (χ3v) is 3.65. The number of furan rings is 1. The van der Waals surface area contributed by atoms with Crippen molar-refractivity contribution in [1.29, 1.82) is 0 Å². The van der Waals surface area contributed by atoms with E-state index >= 15 is 0 Å². The zero-order valence-electron chi connectivity index (χ0n) is 9.84. The number of carbonyl (C=O) groups is 1. The fourth-order valence-corrected chi connectivity index (χ4v) is 2.56. The van der Waals surface area contributed by atoms with Crippen LogP contribution in [0.3, 0.4) is 0 Å². The number of aromatic carboxylic acids is 1. The summed E-state index contributed by atoms with van der Waals surface area (Å²) in [6, 6.07) is 11.1. The quantitative estimate of drug-likeness (QED) is 0.800. The second-order valence-corrected chi connectivity index (χ2v) is 5.04. The Morgan fingerprint density at radius 1 is 1.26 bits per heavy atom. The molecule has 3 aromatic rings. The van der Waals surface area contributed by atoms with Crippen molar-refractivity contribution in [2.75, 3.05) is 0 Å². The summed E-state index contributed by atoms with van der Waals surface area (Å²) in [6.45, 7) is 0.507. The molecule has 4 nitrogen and oxygen atoms in total. The van der Waals surface area contributed by atoms with Crippen molar-refractivity contribution in [3.05, 3.63) is 58.6 Å². The Bertz CT molecular complexity index is 757. The van der Waals surface area contributed by atoms with Crippen molar-refractivity contribution in [2.24, 2.45) is 0 Å². The van der Waals surface area contributed by atoms with Crippen LogP contribution in [0, 0.1) is 0 Å². The molecular formula is C14H10BrNO3. The summed E-state index contributed by atoms with van der Waals surface area (Å²) in [5.41, 5.74) is 1.07. The fraction of sp³-hybridized carbons (Fsp3) is 0.0714. The van der Waals surface area contributed by atoms with E-state index in [2.05, 4.69) is 15.9 Å². The molecule has 96 valence electrons. The lowest BCUT2D eigenvalue weighted by atomic mass is 10.2. The molecule has 0 bridgehead atoms. The van der Waals surface area contributed by atoms with Gasteiger partial charge in [0.2, 0.25) is 5.76 Å². The number of carboxylic acids is 1. The summed E-state index contributed by atoms with van der Waals surface area (Å²) in [5.74, 6) is -0.464. The van der Waals surface area contributed by atoms with Gasteiger partial charge in [0.25, 0.3) is 0 Å². The highest BCUT2D eigenvalue weighted by molar-refractivity contribution is 9.10. The maximum atomic E-state index is 10.8. The van der Waals surface area contributed by atoms with Crippen molar-refractivity contribution < 1.29 is 14.3 Å². The molecule has 0 aliphatic carbocycles. The van der Waals surface area contributed by atoms with Gasteiger partial charge in [0.1, 0.15) is 5.76 Å². The second-order valence-electron chi connectivity index (χ2n) is 4.19. The van der Waals surface area contributed by atoms with Crippen LogP contribution in [-0.2, 0) is 6.54 Å². The molecule has 2 aromatic heterocycles. The molecule has 0 radical (unpaired) electrons. The predicted molar refractivity (Wildman–Crippen MR) is 74.4 cm³/mol. The minimum absolute atomic E-state index is 0.0346. The Labute approximate surface area is 117 Å². The topological polar surface area (TPSA) is 55.4 Å². The van der Waals surface area contributed by atoms with Gasteiger partial charge in [-0.2, -0.15) is 0 Å². The van der Waals surface area contributed by atoms with Gasteiger partial charge < -0.3 is 14.1 Å². The molecule has 19 heavy (non-hydrogen) atoms. The standard InChI is InChI=1S/C14H10BrNO3/c15-11-2-1-3-12-10(11)6-7-16(12)8-9-4-5-13(19-9)14(17)18/h1-7H,8H2,(H,17,18). The van der Waals surface area contributed by atoms with E-state index in [-0.39, 0.29) is 5.76 Å². The van der Waals surface area contributed by atoms with E-state index < -0.39 is 5.97 Å². The van der Waals surface area contributed by atoms with Gasteiger partial charge in [-0.05, 0) is 30.3 Å². The van der Waals surface area contributed by atoms with Crippen molar-refractivity contribution >= 4 is 32.8 Å². The molecule has 0 spiro atoms. The summed E-state index contributed by atoms with van der Waals surface area (Å²) in [7, 11) is 0. The molecule has 0 atom stereocenters. The number of benzene rings is 1. The lowest BCUT2D eigenvalue weighted by molar-refractivity contribution is 0.0660. The Balaban J connectivity index is 1.96. The molecule has 1 N–H and O–H groups in total. The minimum atomic E-state index is -1.05. The van der Waals surface area contributed by atoms with Gasteiger partial charge in [-0.15, -0.1) is 0 Å². The van der Waals surface area contributed by atoms with E-state index in [9.17, 15) is 4.79 Å². The molecule has 0 saturated carbocycles. The first-order chi connectivity index (χ1) is 9.15. The van der Waals surface area contributed by atoms with Crippen LogP contribution in [0.5, 0.6) is 0 Å². The van der Waals surface area contributed by atoms with E-state index in [1.165, 1.54) is 6.07 Å². The number of nitrogens with zero attached hydrogens (tertiary/aromatic N) is 1. The van der Waals surface area contributed by atoms with E-state index in [0.29, 0.717) is 12.3 Å². The number of carboxylic acid groups (broad SMARTS) is 1. The smallest absolute Gasteiger partial charge is 0.371 e. The van der Waals surface area contributed by atoms with Gasteiger partial charge in [0, 0.05) is 21.6 Å². The Morgan fingerprint density at radius 3 is 2.84 bits per heavy atom. The van der Waals surface area contributed by atoms with Crippen LogP contribution in [-0.4, -0.2) is 15.6 Å². The van der Waals surface area contributed by atoms with Gasteiger partial charge in [-0.25, -0.2) is 4.79 Å². The van der Waals surface area contributed by atoms with Crippen molar-refractivity contribution in [3.8, 4) is 0 Å². The second kappa shape index (κ2) is 4.59. The number of halogens is 1. The molecule has 0 aliphatic rings. The first-order valence-corrected chi connectivity index (χ1v) is 6.50. The predicted octanol–water partition coefficient (Wildman–Crippen LogP) is 3.74. The number of hydrogen-bond donors (Lipinski definition) is 1.